The fourth-order valence-electron chi connectivity index (χ4n) is 2.53. The van der Waals surface area contributed by atoms with Gasteiger partial charge >= 0.3 is 0 Å². The van der Waals surface area contributed by atoms with Crippen LogP contribution in [0.2, 0.25) is 0 Å². The van der Waals surface area contributed by atoms with Gasteiger partial charge in [0, 0.05) is 11.8 Å². The first kappa shape index (κ1) is 24.2. The van der Waals surface area contributed by atoms with Crippen LogP contribution in [0.5, 0.6) is 0 Å². The highest BCUT2D eigenvalue weighted by atomic mass is 31.3. The number of hydrogen-bond acceptors (Lipinski definition) is 11. The molecule has 0 bridgehead atoms. The molecule has 2 heterocycles. The molecular formula is C13H15NO12P3-3. The van der Waals surface area contributed by atoms with Gasteiger partial charge in [-0.25, -0.2) is 8.62 Å². The average Bonchev–Trinajstić information content (AvgIpc) is 3.16. The zero-order valence-electron chi connectivity index (χ0n) is 14.7. The Morgan fingerprint density at radius 3 is 2.55 bits per heavy atom. The Balaban J connectivity index is 1.95. The molecule has 0 aliphatic carbocycles. The van der Waals surface area contributed by atoms with E-state index in [4.69, 9.17) is 9.63 Å². The average molecular weight is 470 g/mol. The van der Waals surface area contributed by atoms with Crippen LogP contribution in [-0.4, -0.2) is 28.5 Å². The Morgan fingerprint density at radius 1 is 1.28 bits per heavy atom. The van der Waals surface area contributed by atoms with Crippen molar-refractivity contribution in [2.75, 3.05) is 6.61 Å². The fourth-order valence-corrected chi connectivity index (χ4v) is 5.44. The van der Waals surface area contributed by atoms with Crippen molar-refractivity contribution in [2.45, 2.75) is 32.1 Å². The number of rotatable bonds is 9. The normalized spacial score (nSPS) is 25.3. The summed E-state index contributed by atoms with van der Waals surface area (Å²) in [6.07, 6.45) is 1.47. The number of nitrogens with zero attached hydrogens (tertiary/aromatic N) is 1. The Labute approximate surface area is 165 Å². The highest BCUT2D eigenvalue weighted by Crippen LogP contribution is 2.61. The smallest absolute Gasteiger partial charge is 0.280 e. The molecule has 16 heteroatoms. The first-order valence-corrected chi connectivity index (χ1v) is 12.2. The molecule has 0 aromatic carbocycles. The molecule has 1 aliphatic heterocycles. The summed E-state index contributed by atoms with van der Waals surface area (Å²) in [7, 11) is -17.3. The molecule has 1 fully saturated rings. The molecule has 3 unspecified atom stereocenters. The molecule has 13 nitrogen and oxygen atoms in total. The van der Waals surface area contributed by atoms with Crippen LogP contribution in [0.3, 0.4) is 0 Å². The molecule has 0 saturated carbocycles. The molecule has 1 aliphatic rings. The van der Waals surface area contributed by atoms with E-state index in [0.29, 0.717) is 30.4 Å². The lowest BCUT2D eigenvalue weighted by Crippen LogP contribution is -2.20. The van der Waals surface area contributed by atoms with Gasteiger partial charge in [-0.3, -0.25) is 18.5 Å². The predicted octanol–water partition coefficient (Wildman–Crippen LogP) is -0.203. The summed E-state index contributed by atoms with van der Waals surface area (Å²) >= 11 is 0. The number of phosphoric ester groups is 1. The van der Waals surface area contributed by atoms with E-state index in [9.17, 15) is 33.2 Å². The van der Waals surface area contributed by atoms with Crippen LogP contribution < -0.4 is 14.7 Å². The highest BCUT2D eigenvalue weighted by molar-refractivity contribution is 7.65. The number of aldehydes is 1. The van der Waals surface area contributed by atoms with Gasteiger partial charge in [0.1, 0.15) is 6.23 Å². The molecule has 29 heavy (non-hydrogen) atoms. The summed E-state index contributed by atoms with van der Waals surface area (Å²) in [5, 5.41) is 0. The zero-order valence-corrected chi connectivity index (χ0v) is 17.4. The molecule has 1 aromatic rings. The van der Waals surface area contributed by atoms with Gasteiger partial charge in [-0.15, -0.1) is 5.92 Å². The molecule has 0 spiro atoms. The van der Waals surface area contributed by atoms with Gasteiger partial charge in [0.25, 0.3) is 23.5 Å². The van der Waals surface area contributed by atoms with Crippen molar-refractivity contribution in [3.63, 3.8) is 0 Å². The molecule has 1 aromatic heterocycles. The van der Waals surface area contributed by atoms with Crippen molar-refractivity contribution in [1.29, 1.82) is 0 Å². The van der Waals surface area contributed by atoms with Crippen molar-refractivity contribution in [3.8, 4) is 11.8 Å². The largest absolute Gasteiger partial charge is 0.756 e. The van der Waals surface area contributed by atoms with Gasteiger partial charge in [-0.1, -0.05) is 5.92 Å². The van der Waals surface area contributed by atoms with Gasteiger partial charge < -0.3 is 33.4 Å². The molecular weight excluding hydrogens is 455 g/mol. The second-order valence-corrected chi connectivity index (χ2v) is 9.96. The topological polar surface area (TPSA) is 200 Å². The monoisotopic (exact) mass is 470 g/mol. The minimum atomic E-state index is -5.94. The second-order valence-electron chi connectivity index (χ2n) is 5.67. The van der Waals surface area contributed by atoms with Crippen LogP contribution in [0.15, 0.2) is 12.3 Å². The van der Waals surface area contributed by atoms with E-state index < -0.39 is 42.4 Å². The summed E-state index contributed by atoms with van der Waals surface area (Å²) < 4.78 is 51.3. The van der Waals surface area contributed by atoms with Crippen LogP contribution in [0.1, 0.15) is 42.0 Å². The SMILES string of the molecule is CC#Cc1cc(C=O)n([C@H]2CC[C@@H](COP(=O)([O-])OP(=O)([O-])OP(=O)([O-])O)O2)c1. The van der Waals surface area contributed by atoms with E-state index in [1.165, 1.54) is 4.57 Å². The molecule has 0 amide bonds. The van der Waals surface area contributed by atoms with Gasteiger partial charge in [0.2, 0.25) is 0 Å². The summed E-state index contributed by atoms with van der Waals surface area (Å²) in [6, 6.07) is 1.55. The van der Waals surface area contributed by atoms with Crippen LogP contribution in [-0.2, 0) is 31.6 Å². The number of carbonyl (C=O) groups is 1. The number of carbonyl (C=O) groups excluding carboxylic acids is 1. The summed E-state index contributed by atoms with van der Waals surface area (Å²) in [5.74, 6) is 5.47. The van der Waals surface area contributed by atoms with Crippen molar-refractivity contribution < 1.29 is 55.9 Å². The van der Waals surface area contributed by atoms with Crippen molar-refractivity contribution in [1.82, 2.24) is 4.57 Å². The van der Waals surface area contributed by atoms with Gasteiger partial charge in [0.15, 0.2) is 6.29 Å². The third kappa shape index (κ3) is 7.57. The predicted molar refractivity (Wildman–Crippen MR) is 88.7 cm³/mol. The Morgan fingerprint density at radius 2 is 1.97 bits per heavy atom. The molecule has 162 valence electrons. The first-order chi connectivity index (χ1) is 13.3. The number of aromatic nitrogens is 1. The van der Waals surface area contributed by atoms with E-state index in [2.05, 4.69) is 25.0 Å². The van der Waals surface area contributed by atoms with Crippen molar-refractivity contribution in [3.05, 3.63) is 23.5 Å². The van der Waals surface area contributed by atoms with Gasteiger partial charge in [-0.05, 0) is 25.8 Å². The lowest BCUT2D eigenvalue weighted by Gasteiger charge is -2.32. The minimum absolute atomic E-state index is 0.294. The minimum Gasteiger partial charge on any atom is -0.756 e. The quantitative estimate of drug-likeness (QED) is 0.283. The number of hydrogen-bond donors (Lipinski definition) is 1. The number of phosphoric acid groups is 3. The summed E-state index contributed by atoms with van der Waals surface area (Å²) in [6.45, 7) is 0.980. The van der Waals surface area contributed by atoms with E-state index in [0.717, 1.165) is 0 Å². The van der Waals surface area contributed by atoms with E-state index in [-0.39, 0.29) is 0 Å². The van der Waals surface area contributed by atoms with E-state index >= 15 is 0 Å². The second kappa shape index (κ2) is 9.35. The lowest BCUT2D eigenvalue weighted by molar-refractivity contribution is -0.250. The van der Waals surface area contributed by atoms with Gasteiger partial charge in [0.05, 0.1) is 18.4 Å². The fraction of sp³-hybridized carbons (Fsp3) is 0.462. The lowest BCUT2D eigenvalue weighted by atomic mass is 10.2. The van der Waals surface area contributed by atoms with Crippen LogP contribution in [0, 0.1) is 11.8 Å². The van der Waals surface area contributed by atoms with Crippen molar-refractivity contribution >= 4 is 29.8 Å². The maximum Gasteiger partial charge on any atom is 0.280 e. The Kier molecular flexibility index (Phi) is 7.79. The molecule has 1 N–H and O–H groups in total. The maximum atomic E-state index is 11.6. The Bertz CT molecular complexity index is 956. The Hall–Kier alpha value is -1.12. The molecule has 2 rings (SSSR count). The molecule has 5 atom stereocenters. The first-order valence-electron chi connectivity index (χ1n) is 7.82. The summed E-state index contributed by atoms with van der Waals surface area (Å²) in [5.41, 5.74) is 0.878. The maximum absolute atomic E-state index is 11.6. The van der Waals surface area contributed by atoms with E-state index in [1.54, 1.807) is 19.2 Å². The highest BCUT2D eigenvalue weighted by Gasteiger charge is 2.30. The standard InChI is InChI=1S/C13H18NO12P3/c1-2-3-10-6-11(8-15)14(7-10)13-5-4-12(24-13)9-23-28(19,20)26-29(21,22)25-27(16,17)18/h6-8,12-13H,4-5,9H2,1H3,(H,19,20)(H,21,22)(H2,16,17,18)/p-3/t12-,13+/m0/s1. The molecule has 1 saturated heterocycles. The van der Waals surface area contributed by atoms with E-state index in [1.807, 2.05) is 0 Å². The van der Waals surface area contributed by atoms with Crippen LogP contribution >= 0.6 is 23.5 Å². The third-order valence-electron chi connectivity index (χ3n) is 3.49. The summed E-state index contributed by atoms with van der Waals surface area (Å²) in [4.78, 5) is 52.6. The number of ether oxygens (including phenoxy) is 1. The zero-order chi connectivity index (χ0) is 21.9. The molecule has 0 radical (unpaired) electrons. The van der Waals surface area contributed by atoms with Crippen molar-refractivity contribution in [2.24, 2.45) is 0 Å². The van der Waals surface area contributed by atoms with Gasteiger partial charge in [-0.2, -0.15) is 0 Å². The van der Waals surface area contributed by atoms with Crippen LogP contribution in [0.4, 0.5) is 0 Å². The third-order valence-corrected chi connectivity index (χ3v) is 7.18. The van der Waals surface area contributed by atoms with Crippen LogP contribution in [0.25, 0.3) is 0 Å².